The SMILES string of the molecule is Cc1nc(N)nc(C)c1CCC(=O)N1CCN(C)[C@H](C(N)=O)C1. The van der Waals surface area contributed by atoms with Crippen LogP contribution in [0.2, 0.25) is 0 Å². The van der Waals surface area contributed by atoms with Gasteiger partial charge in [-0.2, -0.15) is 0 Å². The number of carbonyl (C=O) groups is 2. The van der Waals surface area contributed by atoms with Gasteiger partial charge in [0.05, 0.1) is 0 Å². The molecule has 0 aliphatic carbocycles. The summed E-state index contributed by atoms with van der Waals surface area (Å²) in [6.45, 7) is 5.33. The number of hydrogen-bond donors (Lipinski definition) is 2. The lowest BCUT2D eigenvalue weighted by Crippen LogP contribution is -2.57. The van der Waals surface area contributed by atoms with Gasteiger partial charge in [-0.25, -0.2) is 9.97 Å². The summed E-state index contributed by atoms with van der Waals surface area (Å²) in [5.41, 5.74) is 13.6. The van der Waals surface area contributed by atoms with Crippen molar-refractivity contribution in [2.24, 2.45) is 5.73 Å². The molecule has 8 heteroatoms. The highest BCUT2D eigenvalue weighted by Crippen LogP contribution is 2.15. The fourth-order valence-corrected chi connectivity index (χ4v) is 2.92. The number of aryl methyl sites for hydroxylation is 2. The zero-order valence-electron chi connectivity index (χ0n) is 13.9. The summed E-state index contributed by atoms with van der Waals surface area (Å²) in [6, 6.07) is -0.420. The lowest BCUT2D eigenvalue weighted by atomic mass is 10.1. The predicted octanol–water partition coefficient (Wildman–Crippen LogP) is -0.764. The van der Waals surface area contributed by atoms with Gasteiger partial charge >= 0.3 is 0 Å². The molecule has 0 spiro atoms. The molecule has 0 saturated carbocycles. The molecule has 1 aliphatic heterocycles. The number of primary amides is 1. The number of anilines is 1. The average Bonchev–Trinajstić information content (AvgIpc) is 2.45. The number of nitrogens with zero attached hydrogens (tertiary/aromatic N) is 4. The summed E-state index contributed by atoms with van der Waals surface area (Å²) >= 11 is 0. The Balaban J connectivity index is 1.99. The van der Waals surface area contributed by atoms with Crippen LogP contribution < -0.4 is 11.5 Å². The summed E-state index contributed by atoms with van der Waals surface area (Å²) in [7, 11) is 1.84. The molecule has 4 N–H and O–H groups in total. The third-order valence-electron chi connectivity index (χ3n) is 4.36. The maximum absolute atomic E-state index is 12.4. The molecule has 1 aromatic rings. The number of piperazine rings is 1. The van der Waals surface area contributed by atoms with Crippen molar-refractivity contribution in [3.63, 3.8) is 0 Å². The van der Waals surface area contributed by atoms with Gasteiger partial charge in [0, 0.05) is 37.4 Å². The minimum absolute atomic E-state index is 0.0139. The standard InChI is InChI=1S/C15H24N6O2/c1-9-11(10(2)19-15(17)18-9)4-5-13(22)21-7-6-20(3)12(8-21)14(16)23/h12H,4-8H2,1-3H3,(H2,16,23)(H2,17,18,19)/t12-/m0/s1. The van der Waals surface area contributed by atoms with Gasteiger partial charge in [-0.1, -0.05) is 0 Å². The second kappa shape index (κ2) is 6.91. The summed E-state index contributed by atoms with van der Waals surface area (Å²) in [5.74, 6) is -0.137. The van der Waals surface area contributed by atoms with Crippen molar-refractivity contribution in [3.8, 4) is 0 Å². The summed E-state index contributed by atoms with van der Waals surface area (Å²) in [4.78, 5) is 35.8. The van der Waals surface area contributed by atoms with Crippen LogP contribution in [0, 0.1) is 13.8 Å². The first kappa shape index (κ1) is 17.1. The van der Waals surface area contributed by atoms with Crippen LogP contribution in [-0.4, -0.2) is 64.3 Å². The molecule has 23 heavy (non-hydrogen) atoms. The molecule has 1 aliphatic rings. The molecule has 2 amide bonds. The van der Waals surface area contributed by atoms with E-state index in [1.807, 2.05) is 25.8 Å². The topological polar surface area (TPSA) is 118 Å². The van der Waals surface area contributed by atoms with E-state index in [0.717, 1.165) is 17.0 Å². The summed E-state index contributed by atoms with van der Waals surface area (Å²) in [5, 5.41) is 0. The quantitative estimate of drug-likeness (QED) is 0.752. The number of amides is 2. The van der Waals surface area contributed by atoms with Crippen LogP contribution in [0.3, 0.4) is 0 Å². The largest absolute Gasteiger partial charge is 0.368 e. The van der Waals surface area contributed by atoms with Gasteiger partial charge in [0.25, 0.3) is 0 Å². The van der Waals surface area contributed by atoms with E-state index in [1.54, 1.807) is 4.90 Å². The lowest BCUT2D eigenvalue weighted by Gasteiger charge is -2.37. The highest BCUT2D eigenvalue weighted by atomic mass is 16.2. The van der Waals surface area contributed by atoms with Crippen molar-refractivity contribution in [1.29, 1.82) is 0 Å². The van der Waals surface area contributed by atoms with Gasteiger partial charge in [0.2, 0.25) is 17.8 Å². The van der Waals surface area contributed by atoms with Gasteiger partial charge in [-0.15, -0.1) is 0 Å². The third-order valence-corrected chi connectivity index (χ3v) is 4.36. The molecule has 0 unspecified atom stereocenters. The van der Waals surface area contributed by atoms with E-state index in [1.165, 1.54) is 0 Å². The van der Waals surface area contributed by atoms with Crippen molar-refractivity contribution in [2.75, 3.05) is 32.4 Å². The van der Waals surface area contributed by atoms with E-state index in [-0.39, 0.29) is 11.9 Å². The van der Waals surface area contributed by atoms with E-state index < -0.39 is 11.9 Å². The Labute approximate surface area is 135 Å². The molecule has 0 aromatic carbocycles. The number of carbonyl (C=O) groups excluding carboxylic acids is 2. The number of nitrogens with two attached hydrogens (primary N) is 2. The molecule has 8 nitrogen and oxygen atoms in total. The fraction of sp³-hybridized carbons (Fsp3) is 0.600. The van der Waals surface area contributed by atoms with Crippen LogP contribution in [0.25, 0.3) is 0 Å². The first-order chi connectivity index (χ1) is 10.8. The second-order valence-electron chi connectivity index (χ2n) is 5.97. The van der Waals surface area contributed by atoms with Gasteiger partial charge in [-0.3, -0.25) is 14.5 Å². The number of hydrogen-bond acceptors (Lipinski definition) is 6. The Hall–Kier alpha value is -2.22. The number of likely N-dealkylation sites (N-methyl/N-ethyl adjacent to an activating group) is 1. The molecule has 1 fully saturated rings. The average molecular weight is 320 g/mol. The molecule has 2 rings (SSSR count). The summed E-state index contributed by atoms with van der Waals surface area (Å²) in [6.07, 6.45) is 0.911. The predicted molar refractivity (Wildman–Crippen MR) is 86.4 cm³/mol. The van der Waals surface area contributed by atoms with Gasteiger partial charge < -0.3 is 16.4 Å². The Bertz CT molecular complexity index is 595. The molecule has 1 saturated heterocycles. The fourth-order valence-electron chi connectivity index (χ4n) is 2.92. The number of aromatic nitrogens is 2. The second-order valence-corrected chi connectivity index (χ2v) is 5.97. The van der Waals surface area contributed by atoms with Crippen molar-refractivity contribution < 1.29 is 9.59 Å². The summed E-state index contributed by atoms with van der Waals surface area (Å²) < 4.78 is 0. The number of nitrogen functional groups attached to an aromatic ring is 1. The van der Waals surface area contributed by atoms with Crippen LogP contribution >= 0.6 is 0 Å². The lowest BCUT2D eigenvalue weighted by molar-refractivity contribution is -0.136. The van der Waals surface area contributed by atoms with Crippen molar-refractivity contribution in [2.45, 2.75) is 32.7 Å². The van der Waals surface area contributed by atoms with Crippen LogP contribution in [0.15, 0.2) is 0 Å². The molecule has 1 aromatic heterocycles. The van der Waals surface area contributed by atoms with E-state index >= 15 is 0 Å². The molecule has 0 bridgehead atoms. The van der Waals surface area contributed by atoms with Crippen LogP contribution in [0.4, 0.5) is 5.95 Å². The maximum Gasteiger partial charge on any atom is 0.236 e. The van der Waals surface area contributed by atoms with Crippen LogP contribution in [0.5, 0.6) is 0 Å². The van der Waals surface area contributed by atoms with Gasteiger partial charge in [0.1, 0.15) is 6.04 Å². The highest BCUT2D eigenvalue weighted by Gasteiger charge is 2.30. The Morgan fingerprint density at radius 3 is 2.39 bits per heavy atom. The Kier molecular flexibility index (Phi) is 5.15. The maximum atomic E-state index is 12.4. The first-order valence-corrected chi connectivity index (χ1v) is 7.66. The third kappa shape index (κ3) is 3.95. The van der Waals surface area contributed by atoms with E-state index in [9.17, 15) is 9.59 Å². The molecule has 2 heterocycles. The Morgan fingerprint density at radius 2 is 1.83 bits per heavy atom. The van der Waals surface area contributed by atoms with E-state index in [4.69, 9.17) is 11.5 Å². The molecule has 126 valence electrons. The molecular weight excluding hydrogens is 296 g/mol. The van der Waals surface area contributed by atoms with Crippen LogP contribution in [0.1, 0.15) is 23.4 Å². The normalized spacial score (nSPS) is 18.9. The van der Waals surface area contributed by atoms with Crippen molar-refractivity contribution in [1.82, 2.24) is 19.8 Å². The number of rotatable bonds is 4. The molecular formula is C15H24N6O2. The zero-order valence-corrected chi connectivity index (χ0v) is 13.9. The monoisotopic (exact) mass is 320 g/mol. The van der Waals surface area contributed by atoms with Gasteiger partial charge in [-0.05, 0) is 32.9 Å². The van der Waals surface area contributed by atoms with E-state index in [2.05, 4.69) is 9.97 Å². The minimum atomic E-state index is -0.420. The zero-order chi connectivity index (χ0) is 17.1. The Morgan fingerprint density at radius 1 is 1.22 bits per heavy atom. The smallest absolute Gasteiger partial charge is 0.236 e. The first-order valence-electron chi connectivity index (χ1n) is 7.66. The molecule has 0 radical (unpaired) electrons. The highest BCUT2D eigenvalue weighted by molar-refractivity contribution is 5.82. The molecule has 1 atom stereocenters. The van der Waals surface area contributed by atoms with Crippen molar-refractivity contribution in [3.05, 3.63) is 17.0 Å². The van der Waals surface area contributed by atoms with Crippen LogP contribution in [-0.2, 0) is 16.0 Å². The van der Waals surface area contributed by atoms with E-state index in [0.29, 0.717) is 32.5 Å². The van der Waals surface area contributed by atoms with Gasteiger partial charge in [0.15, 0.2) is 0 Å². The van der Waals surface area contributed by atoms with Crippen molar-refractivity contribution >= 4 is 17.8 Å². The minimum Gasteiger partial charge on any atom is -0.368 e.